The van der Waals surface area contributed by atoms with Gasteiger partial charge in [0.05, 0.1) is 6.10 Å². The van der Waals surface area contributed by atoms with Crippen molar-refractivity contribution in [2.75, 3.05) is 13.7 Å². The van der Waals surface area contributed by atoms with Gasteiger partial charge < -0.3 is 15.4 Å². The van der Waals surface area contributed by atoms with E-state index in [4.69, 9.17) is 4.74 Å². The molecule has 2 rings (SSSR count). The van der Waals surface area contributed by atoms with E-state index in [0.717, 1.165) is 19.6 Å². The number of hydrogen-bond donors (Lipinski definition) is 2. The lowest BCUT2D eigenvalue weighted by Gasteiger charge is -2.52. The van der Waals surface area contributed by atoms with Gasteiger partial charge in [0.25, 0.3) is 5.91 Å². The summed E-state index contributed by atoms with van der Waals surface area (Å²) in [6, 6.07) is 8.22. The van der Waals surface area contributed by atoms with E-state index in [1.807, 2.05) is 31.2 Å². The second kappa shape index (κ2) is 6.58. The molecule has 1 aliphatic rings. The normalized spacial score (nSPS) is 23.4. The molecular weight excluding hydrogens is 264 g/mol. The standard InChI is InChI=1S/C17H26N2O2/c1-5-21-15-10-14(17(15,2)3)19-11-12-6-8-13(9-7-12)16(20)18-4/h6-9,14-15,19H,5,10-11H2,1-4H3,(H,18,20)/t14-,15-/m0/s1. The Bertz CT molecular complexity index is 482. The average Bonchev–Trinajstić information content (AvgIpc) is 2.50. The Morgan fingerprint density at radius 1 is 1.33 bits per heavy atom. The third kappa shape index (κ3) is 3.44. The van der Waals surface area contributed by atoms with Crippen molar-refractivity contribution in [1.29, 1.82) is 0 Å². The van der Waals surface area contributed by atoms with E-state index in [9.17, 15) is 4.79 Å². The third-order valence-corrected chi connectivity index (χ3v) is 4.54. The first-order valence-corrected chi connectivity index (χ1v) is 7.65. The molecule has 1 saturated carbocycles. The molecule has 1 amide bonds. The number of amides is 1. The molecule has 0 aliphatic heterocycles. The lowest BCUT2D eigenvalue weighted by molar-refractivity contribution is -0.114. The zero-order valence-corrected chi connectivity index (χ0v) is 13.4. The molecule has 0 spiro atoms. The summed E-state index contributed by atoms with van der Waals surface area (Å²) >= 11 is 0. The molecule has 1 aromatic carbocycles. The van der Waals surface area contributed by atoms with Crippen LogP contribution in [0.1, 0.15) is 43.1 Å². The van der Waals surface area contributed by atoms with Gasteiger partial charge in [-0.3, -0.25) is 4.79 Å². The summed E-state index contributed by atoms with van der Waals surface area (Å²) in [4.78, 5) is 11.5. The molecule has 0 saturated heterocycles. The molecule has 4 heteroatoms. The van der Waals surface area contributed by atoms with E-state index in [1.54, 1.807) is 7.05 Å². The summed E-state index contributed by atoms with van der Waals surface area (Å²) in [6.07, 6.45) is 1.42. The number of benzene rings is 1. The largest absolute Gasteiger partial charge is 0.378 e. The maximum absolute atomic E-state index is 11.5. The highest BCUT2D eigenvalue weighted by atomic mass is 16.5. The van der Waals surface area contributed by atoms with Gasteiger partial charge in [-0.05, 0) is 31.0 Å². The van der Waals surface area contributed by atoms with E-state index >= 15 is 0 Å². The van der Waals surface area contributed by atoms with Crippen LogP contribution in [0.3, 0.4) is 0 Å². The van der Waals surface area contributed by atoms with Crippen LogP contribution in [0, 0.1) is 5.41 Å². The van der Waals surface area contributed by atoms with Gasteiger partial charge in [0.2, 0.25) is 0 Å². The highest BCUT2D eigenvalue weighted by Gasteiger charge is 2.48. The number of hydrogen-bond acceptors (Lipinski definition) is 3. The minimum absolute atomic E-state index is 0.0470. The number of nitrogens with one attached hydrogen (secondary N) is 2. The van der Waals surface area contributed by atoms with Crippen molar-refractivity contribution in [2.45, 2.75) is 45.9 Å². The smallest absolute Gasteiger partial charge is 0.251 e. The first-order chi connectivity index (χ1) is 9.98. The van der Waals surface area contributed by atoms with Crippen molar-refractivity contribution >= 4 is 5.91 Å². The lowest BCUT2D eigenvalue weighted by atomic mass is 9.64. The third-order valence-electron chi connectivity index (χ3n) is 4.54. The van der Waals surface area contributed by atoms with Gasteiger partial charge in [0, 0.05) is 37.2 Å². The zero-order chi connectivity index (χ0) is 15.5. The second-order valence-corrected chi connectivity index (χ2v) is 6.21. The summed E-state index contributed by atoms with van der Waals surface area (Å²) in [6.45, 7) is 8.15. The minimum atomic E-state index is -0.0470. The van der Waals surface area contributed by atoms with Crippen molar-refractivity contribution < 1.29 is 9.53 Å². The molecule has 0 unspecified atom stereocenters. The van der Waals surface area contributed by atoms with Crippen molar-refractivity contribution in [1.82, 2.24) is 10.6 Å². The van der Waals surface area contributed by atoms with Crippen molar-refractivity contribution in [3.63, 3.8) is 0 Å². The van der Waals surface area contributed by atoms with Gasteiger partial charge in [-0.2, -0.15) is 0 Å². The van der Waals surface area contributed by atoms with Crippen molar-refractivity contribution in [2.24, 2.45) is 5.41 Å². The summed E-state index contributed by atoms with van der Waals surface area (Å²) in [5.74, 6) is -0.0470. The van der Waals surface area contributed by atoms with Crippen LogP contribution in [-0.4, -0.2) is 31.7 Å². The minimum Gasteiger partial charge on any atom is -0.378 e. The summed E-state index contributed by atoms with van der Waals surface area (Å²) in [5.41, 5.74) is 2.07. The number of rotatable bonds is 6. The SMILES string of the molecule is CCO[C@H]1C[C@H](NCc2ccc(C(=O)NC)cc2)C1(C)C. The van der Waals surface area contributed by atoms with Crippen LogP contribution in [0.25, 0.3) is 0 Å². The van der Waals surface area contributed by atoms with Crippen LogP contribution in [0.4, 0.5) is 0 Å². The van der Waals surface area contributed by atoms with Gasteiger partial charge in [0.15, 0.2) is 0 Å². The molecule has 1 aromatic rings. The average molecular weight is 290 g/mol. The van der Waals surface area contributed by atoms with Gasteiger partial charge in [0.1, 0.15) is 0 Å². The highest BCUT2D eigenvalue weighted by molar-refractivity contribution is 5.93. The molecule has 21 heavy (non-hydrogen) atoms. The summed E-state index contributed by atoms with van der Waals surface area (Å²) < 4.78 is 5.75. The molecule has 2 N–H and O–H groups in total. The van der Waals surface area contributed by atoms with Crippen LogP contribution in [-0.2, 0) is 11.3 Å². The van der Waals surface area contributed by atoms with Crippen LogP contribution in [0.15, 0.2) is 24.3 Å². The quantitative estimate of drug-likeness (QED) is 0.845. The maximum atomic E-state index is 11.5. The monoisotopic (exact) mass is 290 g/mol. The van der Waals surface area contributed by atoms with E-state index in [0.29, 0.717) is 17.7 Å². The predicted octanol–water partition coefficient (Wildman–Crippen LogP) is 2.34. The summed E-state index contributed by atoms with van der Waals surface area (Å²) in [7, 11) is 1.64. The van der Waals surface area contributed by atoms with E-state index in [-0.39, 0.29) is 11.3 Å². The Morgan fingerprint density at radius 2 is 2.00 bits per heavy atom. The van der Waals surface area contributed by atoms with Crippen LogP contribution < -0.4 is 10.6 Å². The van der Waals surface area contributed by atoms with Gasteiger partial charge >= 0.3 is 0 Å². The van der Waals surface area contributed by atoms with Gasteiger partial charge in [-0.25, -0.2) is 0 Å². The molecule has 0 radical (unpaired) electrons. The van der Waals surface area contributed by atoms with E-state index < -0.39 is 0 Å². The lowest BCUT2D eigenvalue weighted by Crippen LogP contribution is -2.60. The second-order valence-electron chi connectivity index (χ2n) is 6.21. The Kier molecular flexibility index (Phi) is 5.01. The Hall–Kier alpha value is -1.39. The molecular formula is C17H26N2O2. The molecule has 4 nitrogen and oxygen atoms in total. The van der Waals surface area contributed by atoms with E-state index in [1.165, 1.54) is 5.56 Å². The Balaban J connectivity index is 1.85. The Labute approximate surface area is 127 Å². The molecule has 116 valence electrons. The fourth-order valence-electron chi connectivity index (χ4n) is 2.88. The molecule has 2 atom stereocenters. The summed E-state index contributed by atoms with van der Waals surface area (Å²) in [5, 5.41) is 6.22. The van der Waals surface area contributed by atoms with Crippen LogP contribution >= 0.6 is 0 Å². The molecule has 0 bridgehead atoms. The predicted molar refractivity (Wildman–Crippen MR) is 84.3 cm³/mol. The topological polar surface area (TPSA) is 50.4 Å². The van der Waals surface area contributed by atoms with Gasteiger partial charge in [-0.15, -0.1) is 0 Å². The first kappa shape index (κ1) is 16.0. The van der Waals surface area contributed by atoms with E-state index in [2.05, 4.69) is 24.5 Å². The number of carbonyl (C=O) groups excluding carboxylic acids is 1. The fraction of sp³-hybridized carbons (Fsp3) is 0.588. The molecule has 0 heterocycles. The first-order valence-electron chi connectivity index (χ1n) is 7.65. The van der Waals surface area contributed by atoms with Crippen molar-refractivity contribution in [3.8, 4) is 0 Å². The van der Waals surface area contributed by atoms with Gasteiger partial charge in [-0.1, -0.05) is 26.0 Å². The number of ether oxygens (including phenoxy) is 1. The fourth-order valence-corrected chi connectivity index (χ4v) is 2.88. The maximum Gasteiger partial charge on any atom is 0.251 e. The number of carbonyl (C=O) groups is 1. The Morgan fingerprint density at radius 3 is 2.52 bits per heavy atom. The molecule has 1 fully saturated rings. The van der Waals surface area contributed by atoms with Crippen LogP contribution in [0.2, 0.25) is 0 Å². The van der Waals surface area contributed by atoms with Crippen LogP contribution in [0.5, 0.6) is 0 Å². The molecule has 1 aliphatic carbocycles. The molecule has 0 aromatic heterocycles. The highest BCUT2D eigenvalue weighted by Crippen LogP contribution is 2.42. The van der Waals surface area contributed by atoms with Crippen molar-refractivity contribution in [3.05, 3.63) is 35.4 Å². The zero-order valence-electron chi connectivity index (χ0n) is 13.4.